The zero-order valence-electron chi connectivity index (χ0n) is 13.8. The summed E-state index contributed by atoms with van der Waals surface area (Å²) in [5, 5.41) is 4.76. The number of aromatic amines is 1. The van der Waals surface area contributed by atoms with Crippen molar-refractivity contribution in [3.63, 3.8) is 0 Å². The summed E-state index contributed by atoms with van der Waals surface area (Å²) in [5.74, 6) is -0.186. The van der Waals surface area contributed by atoms with Gasteiger partial charge in [-0.05, 0) is 30.0 Å². The third-order valence-electron chi connectivity index (χ3n) is 4.29. The number of H-pyrrole nitrogens is 1. The van der Waals surface area contributed by atoms with Gasteiger partial charge in [0.1, 0.15) is 5.69 Å². The first-order valence-electron chi connectivity index (χ1n) is 7.93. The maximum Gasteiger partial charge on any atom is 0.273 e. The monoisotopic (exact) mass is 373 g/mol. The average molecular weight is 374 g/mol. The molecular weight excluding hydrogens is 358 g/mol. The van der Waals surface area contributed by atoms with E-state index in [1.807, 2.05) is 6.07 Å². The molecule has 2 aromatic heterocycles. The molecule has 0 spiro atoms. The number of fused-ring (bicyclic) bond motifs is 2. The lowest BCUT2D eigenvalue weighted by Crippen LogP contribution is -2.26. The van der Waals surface area contributed by atoms with E-state index in [0.29, 0.717) is 27.1 Å². The molecule has 5 nitrogen and oxygen atoms in total. The molecule has 2 heterocycles. The third kappa shape index (κ3) is 3.07. The number of benzene rings is 1. The Balaban J connectivity index is 1.59. The second kappa shape index (κ2) is 5.68. The standard InChI is InChI=1S/C18H16ClN3O2S/c1-18(2)7-13-15(14(23)8-18)25-17(21-13)22-16(24)12-5-9-3-4-10(19)6-11(9)20-12/h3-6,20H,7-8H2,1-2H3,(H,21,22,24). The lowest BCUT2D eigenvalue weighted by Gasteiger charge is -2.26. The fourth-order valence-corrected chi connectivity index (χ4v) is 4.25. The van der Waals surface area contributed by atoms with Crippen LogP contribution in [0, 0.1) is 5.41 Å². The van der Waals surface area contributed by atoms with Crippen molar-refractivity contribution in [1.29, 1.82) is 0 Å². The Morgan fingerprint density at radius 1 is 1.32 bits per heavy atom. The van der Waals surface area contributed by atoms with Crippen molar-refractivity contribution in [3.05, 3.63) is 45.6 Å². The quantitative estimate of drug-likeness (QED) is 0.684. The molecule has 0 saturated carbocycles. The average Bonchev–Trinajstić information content (AvgIpc) is 3.09. The fraction of sp³-hybridized carbons (Fsp3) is 0.278. The minimum Gasteiger partial charge on any atom is -0.350 e. The highest BCUT2D eigenvalue weighted by atomic mass is 35.5. The summed E-state index contributed by atoms with van der Waals surface area (Å²) < 4.78 is 0. The van der Waals surface area contributed by atoms with Crippen molar-refractivity contribution in [2.45, 2.75) is 26.7 Å². The number of ketones is 1. The number of rotatable bonds is 2. The molecule has 0 unspecified atom stereocenters. The van der Waals surface area contributed by atoms with Gasteiger partial charge in [0.25, 0.3) is 5.91 Å². The van der Waals surface area contributed by atoms with E-state index in [1.54, 1.807) is 18.2 Å². The lowest BCUT2D eigenvalue weighted by molar-refractivity contribution is 0.0915. The van der Waals surface area contributed by atoms with Crippen molar-refractivity contribution in [2.24, 2.45) is 5.41 Å². The van der Waals surface area contributed by atoms with Crippen LogP contribution in [0.1, 0.15) is 46.1 Å². The van der Waals surface area contributed by atoms with Crippen molar-refractivity contribution in [3.8, 4) is 0 Å². The summed E-state index contributed by atoms with van der Waals surface area (Å²) in [5.41, 5.74) is 1.92. The Hall–Kier alpha value is -2.18. The Morgan fingerprint density at radius 3 is 2.92 bits per heavy atom. The number of nitrogens with zero attached hydrogens (tertiary/aromatic N) is 1. The summed E-state index contributed by atoms with van der Waals surface area (Å²) in [6, 6.07) is 7.18. The number of nitrogens with one attached hydrogen (secondary N) is 2. The molecule has 1 aliphatic rings. The first kappa shape index (κ1) is 16.3. The molecular formula is C18H16ClN3O2S. The predicted molar refractivity (Wildman–Crippen MR) is 99.8 cm³/mol. The van der Waals surface area contributed by atoms with Crippen molar-refractivity contribution in [1.82, 2.24) is 9.97 Å². The number of carbonyl (C=O) groups excluding carboxylic acids is 2. The summed E-state index contributed by atoms with van der Waals surface area (Å²) in [4.78, 5) is 32.9. The molecule has 0 aliphatic heterocycles. The maximum atomic E-state index is 12.5. The smallest absolute Gasteiger partial charge is 0.273 e. The molecule has 0 atom stereocenters. The number of halogens is 1. The maximum absolute atomic E-state index is 12.5. The zero-order valence-corrected chi connectivity index (χ0v) is 15.3. The molecule has 1 amide bonds. The topological polar surface area (TPSA) is 74.8 Å². The Kier molecular flexibility index (Phi) is 3.70. The lowest BCUT2D eigenvalue weighted by atomic mass is 9.78. The fourth-order valence-electron chi connectivity index (χ4n) is 3.16. The number of hydrogen-bond donors (Lipinski definition) is 2. The Morgan fingerprint density at radius 2 is 2.12 bits per heavy atom. The van der Waals surface area contributed by atoms with Gasteiger partial charge >= 0.3 is 0 Å². The molecule has 0 fully saturated rings. The van der Waals surface area contributed by atoms with Gasteiger partial charge in [-0.3, -0.25) is 14.9 Å². The SMILES string of the molecule is CC1(C)CC(=O)c2sc(NC(=O)c3cc4ccc(Cl)cc4[nH]3)nc2C1. The van der Waals surface area contributed by atoms with Gasteiger partial charge in [0.2, 0.25) is 0 Å². The van der Waals surface area contributed by atoms with E-state index >= 15 is 0 Å². The Bertz CT molecular complexity index is 1020. The molecule has 1 aromatic carbocycles. The van der Waals surface area contributed by atoms with Crippen LogP contribution in [0.15, 0.2) is 24.3 Å². The molecule has 2 N–H and O–H groups in total. The van der Waals surface area contributed by atoms with Crippen molar-refractivity contribution < 1.29 is 9.59 Å². The van der Waals surface area contributed by atoms with Crippen LogP contribution < -0.4 is 5.32 Å². The van der Waals surface area contributed by atoms with E-state index in [4.69, 9.17) is 11.6 Å². The van der Waals surface area contributed by atoms with Crippen LogP contribution >= 0.6 is 22.9 Å². The van der Waals surface area contributed by atoms with Crippen LogP contribution in [-0.2, 0) is 6.42 Å². The van der Waals surface area contributed by atoms with Gasteiger partial charge in [0.15, 0.2) is 10.9 Å². The number of carbonyl (C=O) groups is 2. The summed E-state index contributed by atoms with van der Waals surface area (Å²) >= 11 is 7.22. The normalized spacial score (nSPS) is 16.0. The zero-order chi connectivity index (χ0) is 17.8. The molecule has 3 aromatic rings. The number of anilines is 1. The van der Waals surface area contributed by atoms with Gasteiger partial charge < -0.3 is 4.98 Å². The van der Waals surface area contributed by atoms with Crippen LogP contribution in [0.4, 0.5) is 5.13 Å². The van der Waals surface area contributed by atoms with Crippen LogP contribution in [-0.4, -0.2) is 21.7 Å². The van der Waals surface area contributed by atoms with E-state index in [1.165, 1.54) is 11.3 Å². The van der Waals surface area contributed by atoms with Gasteiger partial charge in [-0.25, -0.2) is 4.98 Å². The van der Waals surface area contributed by atoms with Crippen LogP contribution in [0.2, 0.25) is 5.02 Å². The minimum atomic E-state index is -0.287. The largest absolute Gasteiger partial charge is 0.350 e. The van der Waals surface area contributed by atoms with Crippen molar-refractivity contribution >= 4 is 50.7 Å². The Labute approximate surface area is 153 Å². The van der Waals surface area contributed by atoms with E-state index in [-0.39, 0.29) is 17.1 Å². The molecule has 4 rings (SSSR count). The van der Waals surface area contributed by atoms with E-state index in [9.17, 15) is 9.59 Å². The van der Waals surface area contributed by atoms with E-state index in [0.717, 1.165) is 23.0 Å². The van der Waals surface area contributed by atoms with Gasteiger partial charge in [0, 0.05) is 22.3 Å². The number of amides is 1. The van der Waals surface area contributed by atoms with Gasteiger partial charge in [-0.1, -0.05) is 42.9 Å². The van der Waals surface area contributed by atoms with Gasteiger partial charge in [-0.15, -0.1) is 0 Å². The van der Waals surface area contributed by atoms with Gasteiger partial charge in [-0.2, -0.15) is 0 Å². The molecule has 7 heteroatoms. The molecule has 0 saturated heterocycles. The highest BCUT2D eigenvalue weighted by molar-refractivity contribution is 7.17. The number of aromatic nitrogens is 2. The van der Waals surface area contributed by atoms with E-state index < -0.39 is 0 Å². The first-order valence-corrected chi connectivity index (χ1v) is 9.13. The highest BCUT2D eigenvalue weighted by Gasteiger charge is 2.34. The van der Waals surface area contributed by atoms with Crippen LogP contribution in [0.3, 0.4) is 0 Å². The molecule has 0 radical (unpaired) electrons. The predicted octanol–water partition coefficient (Wildman–Crippen LogP) is 4.69. The summed E-state index contributed by atoms with van der Waals surface area (Å²) in [6.45, 7) is 4.11. The molecule has 25 heavy (non-hydrogen) atoms. The highest BCUT2D eigenvalue weighted by Crippen LogP contribution is 2.38. The second-order valence-electron chi connectivity index (χ2n) is 7.10. The summed E-state index contributed by atoms with van der Waals surface area (Å²) in [6.07, 6.45) is 1.25. The number of hydrogen-bond acceptors (Lipinski definition) is 4. The minimum absolute atomic E-state index is 0.0874. The second-order valence-corrected chi connectivity index (χ2v) is 8.54. The van der Waals surface area contributed by atoms with E-state index in [2.05, 4.69) is 29.1 Å². The first-order chi connectivity index (χ1) is 11.8. The van der Waals surface area contributed by atoms with Crippen molar-refractivity contribution in [2.75, 3.05) is 5.32 Å². The number of Topliss-reactive ketones (excluding diaryl/α,β-unsaturated/α-hetero) is 1. The third-order valence-corrected chi connectivity index (χ3v) is 5.57. The van der Waals surface area contributed by atoms with Crippen LogP contribution in [0.25, 0.3) is 10.9 Å². The molecule has 128 valence electrons. The van der Waals surface area contributed by atoms with Crippen LogP contribution in [0.5, 0.6) is 0 Å². The number of thiazole rings is 1. The summed E-state index contributed by atoms with van der Waals surface area (Å²) in [7, 11) is 0. The van der Waals surface area contributed by atoms with Gasteiger partial charge in [0.05, 0.1) is 10.6 Å². The molecule has 1 aliphatic carbocycles. The molecule has 0 bridgehead atoms.